The van der Waals surface area contributed by atoms with Crippen LogP contribution in [0.5, 0.6) is 0 Å². The Balaban J connectivity index is 2.15. The largest absolute Gasteiger partial charge is 0.279 e. The Morgan fingerprint density at radius 3 is 2.28 bits per heavy atom. The van der Waals surface area contributed by atoms with Crippen LogP contribution in [0.1, 0.15) is 28.4 Å². The topological polar surface area (TPSA) is 17.1 Å². The van der Waals surface area contributed by atoms with Gasteiger partial charge >= 0.3 is 0 Å². The zero-order valence-corrected chi connectivity index (χ0v) is 10.3. The summed E-state index contributed by atoms with van der Waals surface area (Å²) in [5.74, 6) is 5.40. The van der Waals surface area contributed by atoms with E-state index in [1.54, 1.807) is 0 Å². The van der Waals surface area contributed by atoms with Gasteiger partial charge in [0, 0.05) is 11.1 Å². The van der Waals surface area contributed by atoms with E-state index in [-0.39, 0.29) is 5.78 Å². The first-order chi connectivity index (χ1) is 8.79. The molecule has 2 rings (SSSR count). The maximum absolute atomic E-state index is 11.8. The molecule has 1 nitrogen and oxygen atoms in total. The smallest absolute Gasteiger partial charge is 0.236 e. The van der Waals surface area contributed by atoms with Crippen molar-refractivity contribution in [2.45, 2.75) is 13.3 Å². The van der Waals surface area contributed by atoms with Crippen LogP contribution in [0.2, 0.25) is 0 Å². The molecule has 0 aliphatic heterocycles. The average molecular weight is 234 g/mol. The molecule has 0 radical (unpaired) electrons. The van der Waals surface area contributed by atoms with E-state index in [4.69, 9.17) is 0 Å². The van der Waals surface area contributed by atoms with Gasteiger partial charge in [-0.25, -0.2) is 0 Å². The number of rotatable bonds is 2. The number of benzene rings is 2. The lowest BCUT2D eigenvalue weighted by atomic mass is 10.1. The minimum absolute atomic E-state index is 0.137. The van der Waals surface area contributed by atoms with Crippen molar-refractivity contribution in [3.63, 3.8) is 0 Å². The van der Waals surface area contributed by atoms with Crippen LogP contribution in [-0.4, -0.2) is 5.78 Å². The fourth-order valence-corrected chi connectivity index (χ4v) is 1.61. The van der Waals surface area contributed by atoms with Crippen molar-refractivity contribution in [1.29, 1.82) is 0 Å². The second-order valence-corrected chi connectivity index (χ2v) is 4.00. The highest BCUT2D eigenvalue weighted by molar-refractivity contribution is 6.09. The Hall–Kier alpha value is -2.33. The Bertz CT molecular complexity index is 583. The van der Waals surface area contributed by atoms with E-state index in [0.29, 0.717) is 5.56 Å². The number of Topliss-reactive ketones (excluding diaryl/α,β-unsaturated/α-hetero) is 1. The summed E-state index contributed by atoms with van der Waals surface area (Å²) < 4.78 is 0. The first-order valence-electron chi connectivity index (χ1n) is 6.00. The van der Waals surface area contributed by atoms with Gasteiger partial charge in [-0.2, -0.15) is 0 Å². The first kappa shape index (κ1) is 12.1. The van der Waals surface area contributed by atoms with Gasteiger partial charge in [0.05, 0.1) is 0 Å². The molecule has 0 fully saturated rings. The molecule has 0 amide bonds. The number of hydrogen-bond donors (Lipinski definition) is 0. The minimum Gasteiger partial charge on any atom is -0.279 e. The van der Waals surface area contributed by atoms with Gasteiger partial charge in [-0.1, -0.05) is 55.3 Å². The zero-order valence-electron chi connectivity index (χ0n) is 10.3. The maximum atomic E-state index is 11.8. The monoisotopic (exact) mass is 234 g/mol. The zero-order chi connectivity index (χ0) is 12.8. The van der Waals surface area contributed by atoms with Crippen LogP contribution in [0.3, 0.4) is 0 Å². The van der Waals surface area contributed by atoms with E-state index >= 15 is 0 Å². The van der Waals surface area contributed by atoms with Crippen LogP contribution in [0, 0.1) is 11.8 Å². The van der Waals surface area contributed by atoms with Gasteiger partial charge < -0.3 is 0 Å². The molecule has 1 heteroatoms. The van der Waals surface area contributed by atoms with Crippen molar-refractivity contribution in [3.05, 3.63) is 71.3 Å². The highest BCUT2D eigenvalue weighted by atomic mass is 16.1. The summed E-state index contributed by atoms with van der Waals surface area (Å²) in [5, 5.41) is 0. The quantitative estimate of drug-likeness (QED) is 0.574. The molecule has 0 spiro atoms. The molecule has 2 aromatic rings. The number of ketones is 1. The van der Waals surface area contributed by atoms with Crippen molar-refractivity contribution >= 4 is 5.78 Å². The van der Waals surface area contributed by atoms with E-state index < -0.39 is 0 Å². The van der Waals surface area contributed by atoms with E-state index in [0.717, 1.165) is 12.0 Å². The van der Waals surface area contributed by atoms with Crippen LogP contribution in [0.25, 0.3) is 0 Å². The second-order valence-electron chi connectivity index (χ2n) is 4.00. The molecule has 88 valence electrons. The minimum atomic E-state index is -0.137. The van der Waals surface area contributed by atoms with E-state index in [1.807, 2.05) is 54.6 Å². The van der Waals surface area contributed by atoms with Crippen LogP contribution < -0.4 is 0 Å². The van der Waals surface area contributed by atoms with Crippen LogP contribution in [0.4, 0.5) is 0 Å². The Labute approximate surface area is 107 Å². The summed E-state index contributed by atoms with van der Waals surface area (Å²) in [5.41, 5.74) is 2.73. The molecular weight excluding hydrogens is 220 g/mol. The summed E-state index contributed by atoms with van der Waals surface area (Å²) in [6, 6.07) is 17.1. The Kier molecular flexibility index (Phi) is 3.94. The standard InChI is InChI=1S/C17H14O/c1-2-14-8-11-16(12-9-14)17(18)13-10-15-6-4-3-5-7-15/h3-9,11-12H,2H2,1H3. The fraction of sp³-hybridized carbons (Fsp3) is 0.118. The van der Waals surface area contributed by atoms with Gasteiger partial charge in [0.25, 0.3) is 0 Å². The lowest BCUT2D eigenvalue weighted by Gasteiger charge is -1.97. The average Bonchev–Trinajstić information content (AvgIpc) is 2.46. The molecule has 0 heterocycles. The summed E-state index contributed by atoms with van der Waals surface area (Å²) in [4.78, 5) is 11.8. The van der Waals surface area contributed by atoms with Crippen molar-refractivity contribution in [2.75, 3.05) is 0 Å². The molecule has 0 aliphatic carbocycles. The third-order valence-electron chi connectivity index (χ3n) is 2.72. The van der Waals surface area contributed by atoms with Gasteiger partial charge in [-0.05, 0) is 30.0 Å². The number of carbonyl (C=O) groups excluding carboxylic acids is 1. The molecule has 0 bridgehead atoms. The van der Waals surface area contributed by atoms with Gasteiger partial charge in [0.2, 0.25) is 5.78 Å². The SMILES string of the molecule is CCc1ccc(C(=O)C#Cc2ccccc2)cc1. The predicted molar refractivity (Wildman–Crippen MR) is 73.5 cm³/mol. The summed E-state index contributed by atoms with van der Waals surface area (Å²) >= 11 is 0. The van der Waals surface area contributed by atoms with Crippen molar-refractivity contribution in [3.8, 4) is 11.8 Å². The van der Waals surface area contributed by atoms with E-state index in [1.165, 1.54) is 5.56 Å². The molecule has 18 heavy (non-hydrogen) atoms. The molecule has 2 aromatic carbocycles. The lowest BCUT2D eigenvalue weighted by molar-refractivity contribution is 0.105. The third-order valence-corrected chi connectivity index (χ3v) is 2.72. The molecule has 0 aromatic heterocycles. The number of aryl methyl sites for hydroxylation is 1. The summed E-state index contributed by atoms with van der Waals surface area (Å²) in [7, 11) is 0. The second kappa shape index (κ2) is 5.84. The number of carbonyl (C=O) groups is 1. The van der Waals surface area contributed by atoms with Crippen molar-refractivity contribution < 1.29 is 4.79 Å². The number of hydrogen-bond acceptors (Lipinski definition) is 1. The first-order valence-corrected chi connectivity index (χ1v) is 6.00. The van der Waals surface area contributed by atoms with Gasteiger partial charge in [0.1, 0.15) is 0 Å². The predicted octanol–water partition coefficient (Wildman–Crippen LogP) is 3.48. The maximum Gasteiger partial charge on any atom is 0.236 e. The van der Waals surface area contributed by atoms with E-state index in [9.17, 15) is 4.79 Å². The molecule has 0 aliphatic rings. The van der Waals surface area contributed by atoms with Crippen LogP contribution in [-0.2, 0) is 6.42 Å². The van der Waals surface area contributed by atoms with E-state index in [2.05, 4.69) is 18.8 Å². The third kappa shape index (κ3) is 3.09. The summed E-state index contributed by atoms with van der Waals surface area (Å²) in [6.07, 6.45) is 0.976. The lowest BCUT2D eigenvalue weighted by Crippen LogP contribution is -1.95. The molecule has 0 saturated heterocycles. The van der Waals surface area contributed by atoms with Crippen LogP contribution >= 0.6 is 0 Å². The highest BCUT2D eigenvalue weighted by Gasteiger charge is 2.01. The summed E-state index contributed by atoms with van der Waals surface area (Å²) in [6.45, 7) is 2.09. The normalized spacial score (nSPS) is 9.39. The highest BCUT2D eigenvalue weighted by Crippen LogP contribution is 2.05. The fourth-order valence-electron chi connectivity index (χ4n) is 1.61. The van der Waals surface area contributed by atoms with Gasteiger partial charge in [-0.3, -0.25) is 4.79 Å². The Morgan fingerprint density at radius 2 is 1.67 bits per heavy atom. The molecule has 0 N–H and O–H groups in total. The molecule has 0 unspecified atom stereocenters. The molecule has 0 saturated carbocycles. The Morgan fingerprint density at radius 1 is 1.00 bits per heavy atom. The van der Waals surface area contributed by atoms with Gasteiger partial charge in [0.15, 0.2) is 0 Å². The molecule has 0 atom stereocenters. The van der Waals surface area contributed by atoms with Crippen molar-refractivity contribution in [1.82, 2.24) is 0 Å². The van der Waals surface area contributed by atoms with Crippen LogP contribution in [0.15, 0.2) is 54.6 Å². The van der Waals surface area contributed by atoms with Gasteiger partial charge in [-0.15, -0.1) is 0 Å². The van der Waals surface area contributed by atoms with Crippen molar-refractivity contribution in [2.24, 2.45) is 0 Å². The molecular formula is C17H14O.